The molecule has 1 amide bonds. The fourth-order valence-electron chi connectivity index (χ4n) is 2.50. The van der Waals surface area contributed by atoms with E-state index in [0.29, 0.717) is 45.7 Å². The molecule has 0 bridgehead atoms. The third-order valence-corrected chi connectivity index (χ3v) is 4.25. The second kappa shape index (κ2) is 6.15. The molecule has 0 saturated carbocycles. The van der Waals surface area contributed by atoms with Gasteiger partial charge in [0.15, 0.2) is 0 Å². The van der Waals surface area contributed by atoms with Gasteiger partial charge in [0, 0.05) is 18.7 Å². The number of carbonyl (C=O) groups is 1. The SMILES string of the molecule is Cc1onc(-c2c(Cl)cccc2Cl)c1C(=O)N1CC=CCC1. The molecule has 3 rings (SSSR count). The summed E-state index contributed by atoms with van der Waals surface area (Å²) < 4.78 is 5.24. The zero-order valence-corrected chi connectivity index (χ0v) is 13.5. The Labute approximate surface area is 138 Å². The smallest absolute Gasteiger partial charge is 0.260 e. The summed E-state index contributed by atoms with van der Waals surface area (Å²) in [5, 5.41) is 4.89. The standard InChI is InChI=1S/C16H14Cl2N2O2/c1-10-13(16(21)20-8-3-2-4-9-20)15(19-22-10)14-11(17)6-5-7-12(14)18/h2-3,5-7H,4,8-9H2,1H3. The van der Waals surface area contributed by atoms with Crippen LogP contribution in [-0.4, -0.2) is 29.1 Å². The Morgan fingerprint density at radius 3 is 2.64 bits per heavy atom. The molecule has 114 valence electrons. The Morgan fingerprint density at radius 2 is 2.00 bits per heavy atom. The van der Waals surface area contributed by atoms with Crippen molar-refractivity contribution in [3.63, 3.8) is 0 Å². The van der Waals surface area contributed by atoms with Crippen molar-refractivity contribution in [3.05, 3.63) is 51.7 Å². The first-order valence-corrected chi connectivity index (χ1v) is 7.70. The van der Waals surface area contributed by atoms with Crippen LogP contribution in [0.2, 0.25) is 10.0 Å². The van der Waals surface area contributed by atoms with Crippen LogP contribution in [0.4, 0.5) is 0 Å². The number of halogens is 2. The monoisotopic (exact) mass is 336 g/mol. The molecule has 1 aromatic heterocycles. The summed E-state index contributed by atoms with van der Waals surface area (Å²) in [4.78, 5) is 14.6. The van der Waals surface area contributed by atoms with Crippen LogP contribution in [0.15, 0.2) is 34.9 Å². The lowest BCUT2D eigenvalue weighted by Crippen LogP contribution is -2.34. The molecule has 6 heteroatoms. The molecule has 0 saturated heterocycles. The average Bonchev–Trinajstić information content (AvgIpc) is 2.89. The Morgan fingerprint density at radius 1 is 1.27 bits per heavy atom. The minimum Gasteiger partial charge on any atom is -0.360 e. The minimum atomic E-state index is -0.117. The predicted molar refractivity (Wildman–Crippen MR) is 86.4 cm³/mol. The van der Waals surface area contributed by atoms with Gasteiger partial charge in [-0.15, -0.1) is 0 Å². The Hall–Kier alpha value is -1.78. The van der Waals surface area contributed by atoms with Crippen molar-refractivity contribution < 1.29 is 9.32 Å². The van der Waals surface area contributed by atoms with Gasteiger partial charge in [0.05, 0.1) is 10.0 Å². The van der Waals surface area contributed by atoms with Crippen molar-refractivity contribution in [1.29, 1.82) is 0 Å². The molecule has 4 nitrogen and oxygen atoms in total. The van der Waals surface area contributed by atoms with E-state index in [0.717, 1.165) is 6.42 Å². The number of aryl methyl sites for hydroxylation is 1. The first kappa shape index (κ1) is 15.1. The number of hydrogen-bond donors (Lipinski definition) is 0. The van der Waals surface area contributed by atoms with Gasteiger partial charge in [0.1, 0.15) is 17.0 Å². The molecular weight excluding hydrogens is 323 g/mol. The van der Waals surface area contributed by atoms with Gasteiger partial charge in [-0.2, -0.15) is 0 Å². The maximum absolute atomic E-state index is 12.8. The third-order valence-electron chi connectivity index (χ3n) is 3.62. The Kier molecular flexibility index (Phi) is 4.23. The molecule has 1 aliphatic heterocycles. The van der Waals surface area contributed by atoms with E-state index in [-0.39, 0.29) is 5.91 Å². The van der Waals surface area contributed by atoms with Gasteiger partial charge in [-0.25, -0.2) is 0 Å². The summed E-state index contributed by atoms with van der Waals surface area (Å²) >= 11 is 12.5. The number of benzene rings is 1. The molecule has 0 N–H and O–H groups in total. The van der Waals surface area contributed by atoms with Gasteiger partial charge in [-0.05, 0) is 25.5 Å². The first-order valence-electron chi connectivity index (χ1n) is 6.94. The highest BCUT2D eigenvalue weighted by molar-refractivity contribution is 6.39. The zero-order valence-electron chi connectivity index (χ0n) is 12.0. The van der Waals surface area contributed by atoms with E-state index in [1.807, 2.05) is 6.08 Å². The van der Waals surface area contributed by atoms with Crippen LogP contribution in [0.1, 0.15) is 22.5 Å². The van der Waals surface area contributed by atoms with Crippen molar-refractivity contribution in [2.45, 2.75) is 13.3 Å². The van der Waals surface area contributed by atoms with E-state index in [4.69, 9.17) is 27.7 Å². The first-order chi connectivity index (χ1) is 10.6. The van der Waals surface area contributed by atoms with Gasteiger partial charge < -0.3 is 9.42 Å². The zero-order chi connectivity index (χ0) is 15.7. The second-order valence-electron chi connectivity index (χ2n) is 5.07. The van der Waals surface area contributed by atoms with Gasteiger partial charge >= 0.3 is 0 Å². The molecule has 1 aromatic carbocycles. The number of carbonyl (C=O) groups excluding carboxylic acids is 1. The quantitative estimate of drug-likeness (QED) is 0.765. The van der Waals surface area contributed by atoms with E-state index in [1.54, 1.807) is 30.0 Å². The molecule has 0 spiro atoms. The summed E-state index contributed by atoms with van der Waals surface area (Å²) in [5.74, 6) is 0.347. The van der Waals surface area contributed by atoms with Gasteiger partial charge in [-0.1, -0.05) is 46.6 Å². The van der Waals surface area contributed by atoms with E-state index in [1.165, 1.54) is 0 Å². The topological polar surface area (TPSA) is 46.3 Å². The van der Waals surface area contributed by atoms with E-state index < -0.39 is 0 Å². The normalized spacial score (nSPS) is 14.4. The van der Waals surface area contributed by atoms with Crippen LogP contribution < -0.4 is 0 Å². The molecule has 0 unspecified atom stereocenters. The number of nitrogens with zero attached hydrogens (tertiary/aromatic N) is 2. The maximum atomic E-state index is 12.8. The largest absolute Gasteiger partial charge is 0.360 e. The number of aromatic nitrogens is 1. The summed E-state index contributed by atoms with van der Waals surface area (Å²) in [7, 11) is 0. The van der Waals surface area contributed by atoms with E-state index in [2.05, 4.69) is 11.2 Å². The highest BCUT2D eigenvalue weighted by atomic mass is 35.5. The van der Waals surface area contributed by atoms with Crippen LogP contribution >= 0.6 is 23.2 Å². The molecule has 22 heavy (non-hydrogen) atoms. The lowest BCUT2D eigenvalue weighted by Gasteiger charge is -2.23. The van der Waals surface area contributed by atoms with Crippen molar-refractivity contribution in [1.82, 2.24) is 10.1 Å². The molecule has 0 radical (unpaired) electrons. The number of rotatable bonds is 2. The lowest BCUT2D eigenvalue weighted by atomic mass is 10.0. The fourth-order valence-corrected chi connectivity index (χ4v) is 3.08. The van der Waals surface area contributed by atoms with Gasteiger partial charge in [-0.3, -0.25) is 4.79 Å². The van der Waals surface area contributed by atoms with Crippen LogP contribution in [0.25, 0.3) is 11.3 Å². The number of amides is 1. The van der Waals surface area contributed by atoms with Gasteiger partial charge in [0.25, 0.3) is 5.91 Å². The summed E-state index contributed by atoms with van der Waals surface area (Å²) in [5.41, 5.74) is 1.34. The van der Waals surface area contributed by atoms with Crippen molar-refractivity contribution in [2.75, 3.05) is 13.1 Å². The highest BCUT2D eigenvalue weighted by Crippen LogP contribution is 2.37. The van der Waals surface area contributed by atoms with Crippen molar-refractivity contribution in [2.24, 2.45) is 0 Å². The maximum Gasteiger partial charge on any atom is 0.260 e. The second-order valence-corrected chi connectivity index (χ2v) is 5.88. The molecule has 0 aliphatic carbocycles. The van der Waals surface area contributed by atoms with Crippen LogP contribution in [-0.2, 0) is 0 Å². The fraction of sp³-hybridized carbons (Fsp3) is 0.250. The Balaban J connectivity index is 2.08. The predicted octanol–water partition coefficient (Wildman–Crippen LogP) is 4.36. The van der Waals surface area contributed by atoms with Crippen LogP contribution in [0.5, 0.6) is 0 Å². The third kappa shape index (κ3) is 2.64. The Bertz CT molecular complexity index is 732. The summed E-state index contributed by atoms with van der Waals surface area (Å²) in [6.07, 6.45) is 4.89. The lowest BCUT2D eigenvalue weighted by molar-refractivity contribution is 0.0770. The molecule has 0 fully saturated rings. The van der Waals surface area contributed by atoms with Crippen molar-refractivity contribution in [3.8, 4) is 11.3 Å². The summed E-state index contributed by atoms with van der Waals surface area (Å²) in [6.45, 7) is 2.98. The van der Waals surface area contributed by atoms with Gasteiger partial charge in [0.2, 0.25) is 0 Å². The highest BCUT2D eigenvalue weighted by Gasteiger charge is 2.28. The van der Waals surface area contributed by atoms with E-state index in [9.17, 15) is 4.79 Å². The summed E-state index contributed by atoms with van der Waals surface area (Å²) in [6, 6.07) is 5.17. The molecule has 2 aromatic rings. The van der Waals surface area contributed by atoms with Crippen LogP contribution in [0, 0.1) is 6.92 Å². The van der Waals surface area contributed by atoms with E-state index >= 15 is 0 Å². The molecule has 2 heterocycles. The number of hydrogen-bond acceptors (Lipinski definition) is 3. The molecular formula is C16H14Cl2N2O2. The van der Waals surface area contributed by atoms with Crippen LogP contribution in [0.3, 0.4) is 0 Å². The minimum absolute atomic E-state index is 0.117. The van der Waals surface area contributed by atoms with Crippen molar-refractivity contribution >= 4 is 29.1 Å². The average molecular weight is 337 g/mol. The molecule has 1 aliphatic rings. The molecule has 0 atom stereocenters.